The molecule has 0 amide bonds. The van der Waals surface area contributed by atoms with Crippen LogP contribution < -0.4 is 0 Å². The average molecular weight is 237 g/mol. The molecule has 1 aromatic rings. The minimum absolute atomic E-state index is 0.352. The number of unbranched alkanes of at least 4 members (excludes halogenated alkanes) is 1. The fourth-order valence-corrected chi connectivity index (χ4v) is 2.52. The number of imidazole rings is 1. The third kappa shape index (κ3) is 3.54. The number of aryl methyl sites for hydroxylation is 2. The molecule has 1 unspecified atom stereocenters. The third-order valence-corrected chi connectivity index (χ3v) is 3.68. The number of nitrogens with zero attached hydrogens (tertiary/aromatic N) is 3. The molecule has 1 aliphatic rings. The maximum Gasteiger partial charge on any atom is 0.105 e. The molecule has 1 N–H and O–H groups in total. The first kappa shape index (κ1) is 12.6. The molecule has 0 aliphatic carbocycles. The minimum atomic E-state index is 0.352. The number of rotatable bonds is 6. The minimum Gasteiger partial charge on any atom is -0.396 e. The van der Waals surface area contributed by atoms with Gasteiger partial charge in [0.25, 0.3) is 0 Å². The van der Waals surface area contributed by atoms with Gasteiger partial charge < -0.3 is 14.6 Å². The summed E-state index contributed by atoms with van der Waals surface area (Å²) in [5, 5.41) is 9.07. The Morgan fingerprint density at radius 3 is 2.88 bits per heavy atom. The van der Waals surface area contributed by atoms with Crippen molar-refractivity contribution < 1.29 is 5.11 Å². The molecule has 1 fully saturated rings. The Hall–Kier alpha value is -0.870. The average Bonchev–Trinajstić information content (AvgIpc) is 2.94. The van der Waals surface area contributed by atoms with E-state index in [-0.39, 0.29) is 0 Å². The van der Waals surface area contributed by atoms with Crippen molar-refractivity contribution in [3.63, 3.8) is 0 Å². The number of aliphatic hydroxyl groups excluding tert-OH is 1. The van der Waals surface area contributed by atoms with Crippen molar-refractivity contribution in [2.45, 2.75) is 32.7 Å². The molecule has 1 aliphatic heterocycles. The van der Waals surface area contributed by atoms with E-state index in [1.807, 2.05) is 19.3 Å². The quantitative estimate of drug-likeness (QED) is 0.758. The second kappa shape index (κ2) is 6.17. The maximum absolute atomic E-state index is 9.07. The third-order valence-electron chi connectivity index (χ3n) is 3.68. The molecular weight excluding hydrogens is 214 g/mol. The monoisotopic (exact) mass is 237 g/mol. The van der Waals surface area contributed by atoms with Gasteiger partial charge in [-0.1, -0.05) is 0 Å². The Labute approximate surface area is 103 Å². The largest absolute Gasteiger partial charge is 0.396 e. The normalized spacial score (nSPS) is 21.2. The second-order valence-corrected chi connectivity index (χ2v) is 5.01. The summed E-state index contributed by atoms with van der Waals surface area (Å²) in [6.45, 7) is 6.89. The van der Waals surface area contributed by atoms with Gasteiger partial charge >= 0.3 is 0 Å². The fourth-order valence-electron chi connectivity index (χ4n) is 2.52. The van der Waals surface area contributed by atoms with Gasteiger partial charge in [-0.3, -0.25) is 0 Å². The van der Waals surface area contributed by atoms with E-state index in [0.717, 1.165) is 31.9 Å². The van der Waals surface area contributed by atoms with Gasteiger partial charge in [-0.05, 0) is 45.2 Å². The van der Waals surface area contributed by atoms with Crippen LogP contribution >= 0.6 is 0 Å². The molecule has 0 saturated carbocycles. The van der Waals surface area contributed by atoms with E-state index in [9.17, 15) is 0 Å². The van der Waals surface area contributed by atoms with E-state index < -0.39 is 0 Å². The zero-order valence-corrected chi connectivity index (χ0v) is 10.7. The van der Waals surface area contributed by atoms with Crippen molar-refractivity contribution in [2.75, 3.05) is 26.2 Å². The standard InChI is InChI=1S/C13H23N3O/c1-12-14-5-9-16(12)7-3-2-6-15-8-4-13(10-15)11-17/h5,9,13,17H,2-4,6-8,10-11H2,1H3. The fraction of sp³-hybridized carbons (Fsp3) is 0.769. The van der Waals surface area contributed by atoms with Gasteiger partial charge in [0.15, 0.2) is 0 Å². The van der Waals surface area contributed by atoms with Gasteiger partial charge in [0.1, 0.15) is 5.82 Å². The summed E-state index contributed by atoms with van der Waals surface area (Å²) in [4.78, 5) is 6.69. The van der Waals surface area contributed by atoms with E-state index in [2.05, 4.69) is 14.5 Å². The van der Waals surface area contributed by atoms with Crippen LogP contribution in [0.5, 0.6) is 0 Å². The molecular formula is C13H23N3O. The summed E-state index contributed by atoms with van der Waals surface area (Å²) in [6.07, 6.45) is 7.51. The van der Waals surface area contributed by atoms with E-state index in [1.54, 1.807) is 0 Å². The molecule has 0 aromatic carbocycles. The van der Waals surface area contributed by atoms with Crippen molar-refractivity contribution in [3.05, 3.63) is 18.2 Å². The summed E-state index contributed by atoms with van der Waals surface area (Å²) in [6, 6.07) is 0. The van der Waals surface area contributed by atoms with Crippen LogP contribution in [0.1, 0.15) is 25.1 Å². The zero-order chi connectivity index (χ0) is 12.1. The molecule has 2 rings (SSSR count). The summed E-state index contributed by atoms with van der Waals surface area (Å²) in [5.74, 6) is 1.62. The molecule has 2 heterocycles. The summed E-state index contributed by atoms with van der Waals surface area (Å²) in [5.41, 5.74) is 0. The predicted octanol–water partition coefficient (Wildman–Crippen LogP) is 1.29. The number of aromatic nitrogens is 2. The SMILES string of the molecule is Cc1nccn1CCCCN1CCC(CO)C1. The lowest BCUT2D eigenvalue weighted by atomic mass is 10.1. The van der Waals surface area contributed by atoms with Crippen LogP contribution in [0.3, 0.4) is 0 Å². The molecule has 1 saturated heterocycles. The van der Waals surface area contributed by atoms with Gasteiger partial charge in [-0.2, -0.15) is 0 Å². The molecule has 1 aromatic heterocycles. The highest BCUT2D eigenvalue weighted by Gasteiger charge is 2.20. The van der Waals surface area contributed by atoms with Crippen molar-refractivity contribution in [2.24, 2.45) is 5.92 Å². The summed E-state index contributed by atoms with van der Waals surface area (Å²) < 4.78 is 2.21. The Morgan fingerprint density at radius 2 is 2.24 bits per heavy atom. The van der Waals surface area contributed by atoms with E-state index in [0.29, 0.717) is 12.5 Å². The Morgan fingerprint density at radius 1 is 1.41 bits per heavy atom. The van der Waals surface area contributed by atoms with Crippen LogP contribution in [-0.2, 0) is 6.54 Å². The molecule has 96 valence electrons. The van der Waals surface area contributed by atoms with Crippen molar-refractivity contribution >= 4 is 0 Å². The maximum atomic E-state index is 9.07. The van der Waals surface area contributed by atoms with Crippen LogP contribution in [0.25, 0.3) is 0 Å². The van der Waals surface area contributed by atoms with E-state index >= 15 is 0 Å². The Kier molecular flexibility index (Phi) is 4.57. The lowest BCUT2D eigenvalue weighted by molar-refractivity contribution is 0.220. The summed E-state index contributed by atoms with van der Waals surface area (Å²) in [7, 11) is 0. The number of hydrogen-bond acceptors (Lipinski definition) is 3. The second-order valence-electron chi connectivity index (χ2n) is 5.01. The number of hydrogen-bond donors (Lipinski definition) is 1. The van der Waals surface area contributed by atoms with Gasteiger partial charge in [-0.25, -0.2) is 4.98 Å². The number of likely N-dealkylation sites (tertiary alicyclic amines) is 1. The van der Waals surface area contributed by atoms with Gasteiger partial charge in [0.05, 0.1) is 0 Å². The van der Waals surface area contributed by atoms with Gasteiger partial charge in [0, 0.05) is 32.1 Å². The Bertz CT molecular complexity index is 337. The smallest absolute Gasteiger partial charge is 0.105 e. The van der Waals surface area contributed by atoms with Gasteiger partial charge in [-0.15, -0.1) is 0 Å². The first-order chi connectivity index (χ1) is 8.29. The molecule has 17 heavy (non-hydrogen) atoms. The van der Waals surface area contributed by atoms with Crippen LogP contribution in [0.15, 0.2) is 12.4 Å². The van der Waals surface area contributed by atoms with Crippen LogP contribution in [0.2, 0.25) is 0 Å². The van der Waals surface area contributed by atoms with Crippen LogP contribution in [0, 0.1) is 12.8 Å². The molecule has 4 heteroatoms. The molecule has 0 radical (unpaired) electrons. The molecule has 0 bridgehead atoms. The lowest BCUT2D eigenvalue weighted by Crippen LogP contribution is -2.22. The zero-order valence-electron chi connectivity index (χ0n) is 10.7. The molecule has 4 nitrogen and oxygen atoms in total. The highest BCUT2D eigenvalue weighted by molar-refractivity contribution is 4.88. The van der Waals surface area contributed by atoms with Crippen LogP contribution in [-0.4, -0.2) is 45.8 Å². The van der Waals surface area contributed by atoms with E-state index in [1.165, 1.54) is 19.4 Å². The Balaban J connectivity index is 1.59. The highest BCUT2D eigenvalue weighted by atomic mass is 16.3. The van der Waals surface area contributed by atoms with E-state index in [4.69, 9.17) is 5.11 Å². The van der Waals surface area contributed by atoms with Crippen molar-refractivity contribution in [1.29, 1.82) is 0 Å². The van der Waals surface area contributed by atoms with Crippen molar-refractivity contribution in [1.82, 2.24) is 14.5 Å². The highest BCUT2D eigenvalue weighted by Crippen LogP contribution is 2.15. The number of aliphatic hydroxyl groups is 1. The summed E-state index contributed by atoms with van der Waals surface area (Å²) >= 11 is 0. The first-order valence-corrected chi connectivity index (χ1v) is 6.60. The van der Waals surface area contributed by atoms with Gasteiger partial charge in [0.2, 0.25) is 0 Å². The topological polar surface area (TPSA) is 41.3 Å². The first-order valence-electron chi connectivity index (χ1n) is 6.60. The molecule has 1 atom stereocenters. The molecule has 0 spiro atoms. The van der Waals surface area contributed by atoms with Crippen LogP contribution in [0.4, 0.5) is 0 Å². The van der Waals surface area contributed by atoms with Crippen molar-refractivity contribution in [3.8, 4) is 0 Å². The lowest BCUT2D eigenvalue weighted by Gasteiger charge is -2.15. The predicted molar refractivity (Wildman–Crippen MR) is 67.8 cm³/mol.